The van der Waals surface area contributed by atoms with Crippen molar-refractivity contribution in [2.75, 3.05) is 50.8 Å². The summed E-state index contributed by atoms with van der Waals surface area (Å²) in [4.78, 5) is 22.5. The van der Waals surface area contributed by atoms with Gasteiger partial charge in [-0.05, 0) is 50.9 Å². The smallest absolute Gasteiger partial charge is 0.255 e. The maximum Gasteiger partial charge on any atom is 0.255 e. The van der Waals surface area contributed by atoms with E-state index >= 15 is 0 Å². The quantitative estimate of drug-likeness (QED) is 0.843. The monoisotopic (exact) mass is 386 g/mol. The highest BCUT2D eigenvalue weighted by Crippen LogP contribution is 2.35. The number of morpholine rings is 1. The SMILES string of the molecule is O=C(NCC1(N2CCCCC2)CCCCC1)c1cccnc1N1CCOCC1. The number of hydrogen-bond donors (Lipinski definition) is 1. The number of piperidine rings is 1. The molecule has 0 bridgehead atoms. The summed E-state index contributed by atoms with van der Waals surface area (Å²) in [6, 6.07) is 3.77. The summed E-state index contributed by atoms with van der Waals surface area (Å²) in [5.41, 5.74) is 0.837. The van der Waals surface area contributed by atoms with Gasteiger partial charge < -0.3 is 15.0 Å². The van der Waals surface area contributed by atoms with Gasteiger partial charge in [0.05, 0.1) is 18.8 Å². The molecule has 2 aliphatic heterocycles. The van der Waals surface area contributed by atoms with Crippen LogP contribution in [0, 0.1) is 0 Å². The fraction of sp³-hybridized carbons (Fsp3) is 0.727. The van der Waals surface area contributed by atoms with Crippen LogP contribution in [0.25, 0.3) is 0 Å². The van der Waals surface area contributed by atoms with E-state index in [1.54, 1.807) is 6.20 Å². The van der Waals surface area contributed by atoms with Crippen LogP contribution in [0.2, 0.25) is 0 Å². The van der Waals surface area contributed by atoms with Gasteiger partial charge in [-0.15, -0.1) is 0 Å². The molecule has 3 fully saturated rings. The van der Waals surface area contributed by atoms with E-state index in [0.717, 1.165) is 25.5 Å². The van der Waals surface area contributed by atoms with E-state index in [1.807, 2.05) is 12.1 Å². The van der Waals surface area contributed by atoms with Crippen LogP contribution in [0.5, 0.6) is 0 Å². The Morgan fingerprint density at radius 2 is 1.75 bits per heavy atom. The first-order chi connectivity index (χ1) is 13.8. The fourth-order valence-corrected chi connectivity index (χ4v) is 5.12. The van der Waals surface area contributed by atoms with Crippen molar-refractivity contribution in [1.82, 2.24) is 15.2 Å². The third-order valence-electron chi connectivity index (χ3n) is 6.73. The topological polar surface area (TPSA) is 57.7 Å². The van der Waals surface area contributed by atoms with Crippen LogP contribution < -0.4 is 10.2 Å². The third-order valence-corrected chi connectivity index (χ3v) is 6.73. The van der Waals surface area contributed by atoms with E-state index in [2.05, 4.69) is 20.1 Å². The largest absolute Gasteiger partial charge is 0.378 e. The van der Waals surface area contributed by atoms with Gasteiger partial charge in [0, 0.05) is 31.4 Å². The highest BCUT2D eigenvalue weighted by Gasteiger charge is 2.38. The highest BCUT2D eigenvalue weighted by molar-refractivity contribution is 5.98. The molecule has 1 amide bonds. The molecule has 1 aliphatic carbocycles. The Morgan fingerprint density at radius 1 is 1.04 bits per heavy atom. The van der Waals surface area contributed by atoms with Crippen LogP contribution in [0.3, 0.4) is 0 Å². The van der Waals surface area contributed by atoms with Crippen LogP contribution in [0.4, 0.5) is 5.82 Å². The molecular weight excluding hydrogens is 352 g/mol. The van der Waals surface area contributed by atoms with Gasteiger partial charge in [0.25, 0.3) is 5.91 Å². The summed E-state index contributed by atoms with van der Waals surface area (Å²) in [6.07, 6.45) is 12.0. The molecule has 28 heavy (non-hydrogen) atoms. The number of carbonyl (C=O) groups excluding carboxylic acids is 1. The number of likely N-dealkylation sites (tertiary alicyclic amines) is 1. The van der Waals surface area contributed by atoms with Crippen molar-refractivity contribution < 1.29 is 9.53 Å². The second-order valence-electron chi connectivity index (χ2n) is 8.49. The first kappa shape index (κ1) is 19.6. The van der Waals surface area contributed by atoms with Gasteiger partial charge in [-0.2, -0.15) is 0 Å². The molecule has 0 spiro atoms. The summed E-state index contributed by atoms with van der Waals surface area (Å²) in [5.74, 6) is 0.801. The first-order valence-electron chi connectivity index (χ1n) is 11.1. The van der Waals surface area contributed by atoms with Crippen molar-refractivity contribution in [2.45, 2.75) is 56.9 Å². The number of hydrogen-bond acceptors (Lipinski definition) is 5. The second-order valence-corrected chi connectivity index (χ2v) is 8.49. The Morgan fingerprint density at radius 3 is 2.50 bits per heavy atom. The Balaban J connectivity index is 1.46. The number of aromatic nitrogens is 1. The Bertz CT molecular complexity index is 648. The second kappa shape index (κ2) is 9.23. The lowest BCUT2D eigenvalue weighted by Crippen LogP contribution is -2.58. The fourth-order valence-electron chi connectivity index (χ4n) is 5.12. The zero-order chi connectivity index (χ0) is 19.2. The molecule has 0 radical (unpaired) electrons. The number of carbonyl (C=O) groups is 1. The van der Waals surface area contributed by atoms with Gasteiger partial charge in [0.2, 0.25) is 0 Å². The molecule has 1 saturated carbocycles. The predicted molar refractivity (Wildman–Crippen MR) is 111 cm³/mol. The predicted octanol–water partition coefficient (Wildman–Crippen LogP) is 2.84. The molecule has 6 heteroatoms. The van der Waals surface area contributed by atoms with E-state index in [4.69, 9.17) is 4.74 Å². The van der Waals surface area contributed by atoms with Crippen LogP contribution in [0.1, 0.15) is 61.7 Å². The lowest BCUT2D eigenvalue weighted by Gasteiger charge is -2.48. The number of nitrogens with one attached hydrogen (secondary N) is 1. The van der Waals surface area contributed by atoms with Gasteiger partial charge in [0.15, 0.2) is 0 Å². The zero-order valence-corrected chi connectivity index (χ0v) is 17.0. The summed E-state index contributed by atoms with van der Waals surface area (Å²) < 4.78 is 5.45. The summed E-state index contributed by atoms with van der Waals surface area (Å²) in [5, 5.41) is 3.31. The molecule has 154 valence electrons. The molecule has 1 aromatic rings. The van der Waals surface area contributed by atoms with E-state index in [1.165, 1.54) is 64.5 Å². The Labute approximate surface area is 168 Å². The lowest BCUT2D eigenvalue weighted by atomic mass is 9.79. The maximum atomic E-state index is 13.1. The van der Waals surface area contributed by atoms with Gasteiger partial charge in [0.1, 0.15) is 5.82 Å². The average Bonchev–Trinajstić information content (AvgIpc) is 2.79. The molecule has 2 saturated heterocycles. The number of amides is 1. The van der Waals surface area contributed by atoms with Crippen molar-refractivity contribution in [2.24, 2.45) is 0 Å². The van der Waals surface area contributed by atoms with E-state index in [9.17, 15) is 4.79 Å². The number of ether oxygens (including phenoxy) is 1. The summed E-state index contributed by atoms with van der Waals surface area (Å²) in [7, 11) is 0. The Hall–Kier alpha value is -1.66. The maximum absolute atomic E-state index is 13.1. The molecule has 6 nitrogen and oxygen atoms in total. The molecular formula is C22H34N4O2. The minimum absolute atomic E-state index is 0.0107. The number of rotatable bonds is 5. The summed E-state index contributed by atoms with van der Waals surface area (Å²) >= 11 is 0. The summed E-state index contributed by atoms with van der Waals surface area (Å²) in [6.45, 7) is 6.07. The van der Waals surface area contributed by atoms with Crippen molar-refractivity contribution in [3.63, 3.8) is 0 Å². The molecule has 4 rings (SSSR count). The van der Waals surface area contributed by atoms with E-state index < -0.39 is 0 Å². The van der Waals surface area contributed by atoms with Gasteiger partial charge in [-0.1, -0.05) is 25.7 Å². The van der Waals surface area contributed by atoms with Gasteiger partial charge in [-0.25, -0.2) is 4.98 Å². The lowest BCUT2D eigenvalue weighted by molar-refractivity contribution is 0.0326. The molecule has 3 heterocycles. The molecule has 0 unspecified atom stereocenters. The van der Waals surface area contributed by atoms with Crippen LogP contribution in [0.15, 0.2) is 18.3 Å². The zero-order valence-electron chi connectivity index (χ0n) is 17.0. The minimum Gasteiger partial charge on any atom is -0.378 e. The third kappa shape index (κ3) is 4.33. The van der Waals surface area contributed by atoms with Gasteiger partial charge >= 0.3 is 0 Å². The highest BCUT2D eigenvalue weighted by atomic mass is 16.5. The van der Waals surface area contributed by atoms with Crippen LogP contribution >= 0.6 is 0 Å². The molecule has 1 N–H and O–H groups in total. The molecule has 0 atom stereocenters. The van der Waals surface area contributed by atoms with E-state index in [0.29, 0.717) is 18.8 Å². The number of anilines is 1. The van der Waals surface area contributed by atoms with Crippen molar-refractivity contribution in [1.29, 1.82) is 0 Å². The molecule has 3 aliphatic rings. The van der Waals surface area contributed by atoms with Crippen LogP contribution in [-0.2, 0) is 4.74 Å². The van der Waals surface area contributed by atoms with E-state index in [-0.39, 0.29) is 11.4 Å². The van der Waals surface area contributed by atoms with Crippen LogP contribution in [-0.4, -0.2) is 67.3 Å². The average molecular weight is 387 g/mol. The Kier molecular flexibility index (Phi) is 6.47. The van der Waals surface area contributed by atoms with Crippen molar-refractivity contribution in [3.8, 4) is 0 Å². The minimum atomic E-state index is 0.0107. The van der Waals surface area contributed by atoms with Crippen molar-refractivity contribution >= 4 is 11.7 Å². The standard InChI is InChI=1S/C22H34N4O2/c27-21(19-8-7-11-23-20(19)25-14-16-28-17-15-25)24-18-22(9-3-1-4-10-22)26-12-5-2-6-13-26/h7-8,11H,1-6,9-10,12-18H2,(H,24,27). The first-order valence-corrected chi connectivity index (χ1v) is 11.1. The van der Waals surface area contributed by atoms with Crippen molar-refractivity contribution in [3.05, 3.63) is 23.9 Å². The van der Waals surface area contributed by atoms with Gasteiger partial charge in [-0.3, -0.25) is 9.69 Å². The molecule has 0 aromatic carbocycles. The normalized spacial score (nSPS) is 23.4. The molecule has 1 aromatic heterocycles. The number of pyridine rings is 1. The number of nitrogens with zero attached hydrogens (tertiary/aromatic N) is 3.